The lowest BCUT2D eigenvalue weighted by molar-refractivity contribution is 0.0593. The average Bonchev–Trinajstić information content (AvgIpc) is 2.73. The smallest absolute Gasteiger partial charge is 0.0748 e. The summed E-state index contributed by atoms with van der Waals surface area (Å²) in [4.78, 5) is 0. The van der Waals surface area contributed by atoms with E-state index in [1.165, 1.54) is 5.56 Å². The van der Waals surface area contributed by atoms with Gasteiger partial charge in [-0.25, -0.2) is 0 Å². The van der Waals surface area contributed by atoms with Gasteiger partial charge >= 0.3 is 0 Å². The van der Waals surface area contributed by atoms with Crippen molar-refractivity contribution >= 4 is 11.8 Å². The van der Waals surface area contributed by atoms with Crippen LogP contribution in [-0.2, 0) is 13.5 Å². The highest BCUT2D eigenvalue weighted by atomic mass is 32.2. The molecule has 2 heterocycles. The van der Waals surface area contributed by atoms with Crippen LogP contribution in [-0.4, -0.2) is 32.0 Å². The first-order chi connectivity index (χ1) is 6.68. The Hall–Kier alpha value is -0.480. The van der Waals surface area contributed by atoms with Gasteiger partial charge in [0.25, 0.3) is 0 Å². The van der Waals surface area contributed by atoms with Gasteiger partial charge in [0, 0.05) is 19.0 Å². The Morgan fingerprint density at radius 3 is 3.14 bits per heavy atom. The second-order valence-corrected chi connectivity index (χ2v) is 5.15. The summed E-state index contributed by atoms with van der Waals surface area (Å²) in [5.74, 6) is 2.00. The summed E-state index contributed by atoms with van der Waals surface area (Å²) in [7, 11) is 1.92. The molecule has 1 saturated heterocycles. The molecule has 4 heteroatoms. The monoisotopic (exact) mass is 212 g/mol. The van der Waals surface area contributed by atoms with Crippen LogP contribution in [0.1, 0.15) is 18.4 Å². The summed E-state index contributed by atoms with van der Waals surface area (Å²) < 4.78 is 1.81. The number of aryl methyl sites for hydroxylation is 2. The van der Waals surface area contributed by atoms with Gasteiger partial charge in [0.2, 0.25) is 0 Å². The first kappa shape index (κ1) is 10.1. The predicted octanol–water partition coefficient (Wildman–Crippen LogP) is 1.22. The molecule has 1 fully saturated rings. The van der Waals surface area contributed by atoms with Gasteiger partial charge < -0.3 is 5.11 Å². The molecule has 1 aromatic heterocycles. The topological polar surface area (TPSA) is 38.0 Å². The van der Waals surface area contributed by atoms with Crippen molar-refractivity contribution in [1.29, 1.82) is 0 Å². The summed E-state index contributed by atoms with van der Waals surface area (Å²) >= 11 is 1.85. The van der Waals surface area contributed by atoms with E-state index in [9.17, 15) is 5.11 Å². The van der Waals surface area contributed by atoms with E-state index in [4.69, 9.17) is 0 Å². The minimum atomic E-state index is -0.416. The molecule has 1 unspecified atom stereocenters. The minimum absolute atomic E-state index is 0.416. The molecule has 0 bridgehead atoms. The Morgan fingerprint density at radius 2 is 2.57 bits per heavy atom. The quantitative estimate of drug-likeness (QED) is 0.818. The van der Waals surface area contributed by atoms with Gasteiger partial charge in [0.05, 0.1) is 11.8 Å². The highest BCUT2D eigenvalue weighted by Crippen LogP contribution is 2.31. The third-order valence-corrected chi connectivity index (χ3v) is 3.95. The van der Waals surface area contributed by atoms with Crippen molar-refractivity contribution in [3.05, 3.63) is 18.0 Å². The fraction of sp³-hybridized carbons (Fsp3) is 0.700. The molecular formula is C10H16N2OS. The predicted molar refractivity (Wildman–Crippen MR) is 58.4 cm³/mol. The van der Waals surface area contributed by atoms with E-state index < -0.39 is 5.60 Å². The molecule has 1 aliphatic rings. The summed E-state index contributed by atoms with van der Waals surface area (Å²) in [5, 5.41) is 14.2. The van der Waals surface area contributed by atoms with Gasteiger partial charge in [0.1, 0.15) is 0 Å². The standard InChI is InChI=1S/C10H16N2OS/c1-12-7-9(6-11-12)2-3-10(13)4-5-14-8-10/h6-7,13H,2-5,8H2,1H3. The minimum Gasteiger partial charge on any atom is -0.389 e. The molecule has 14 heavy (non-hydrogen) atoms. The van der Waals surface area contributed by atoms with Crippen LogP contribution in [0.4, 0.5) is 0 Å². The Bertz CT molecular complexity index is 305. The zero-order valence-electron chi connectivity index (χ0n) is 8.44. The van der Waals surface area contributed by atoms with Crippen LogP contribution in [0, 0.1) is 0 Å². The molecule has 3 nitrogen and oxygen atoms in total. The first-order valence-electron chi connectivity index (χ1n) is 4.96. The molecule has 0 saturated carbocycles. The number of nitrogens with zero attached hydrogens (tertiary/aromatic N) is 2. The molecule has 78 valence electrons. The fourth-order valence-electron chi connectivity index (χ4n) is 1.77. The number of aromatic nitrogens is 2. The third kappa shape index (κ3) is 2.30. The molecule has 0 aliphatic carbocycles. The fourth-order valence-corrected chi connectivity index (χ4v) is 3.11. The SMILES string of the molecule is Cn1cc(CCC2(O)CCSC2)cn1. The maximum absolute atomic E-state index is 10.1. The third-order valence-electron chi connectivity index (χ3n) is 2.72. The van der Waals surface area contributed by atoms with Gasteiger partial charge in [0.15, 0.2) is 0 Å². The van der Waals surface area contributed by atoms with E-state index in [1.807, 2.05) is 35.9 Å². The molecule has 1 atom stereocenters. The highest BCUT2D eigenvalue weighted by Gasteiger charge is 2.31. The largest absolute Gasteiger partial charge is 0.389 e. The summed E-state index contributed by atoms with van der Waals surface area (Å²) in [5.41, 5.74) is 0.804. The lowest BCUT2D eigenvalue weighted by atomic mass is 9.95. The molecule has 0 amide bonds. The van der Waals surface area contributed by atoms with E-state index in [0.29, 0.717) is 0 Å². The van der Waals surface area contributed by atoms with Crippen LogP contribution in [0.3, 0.4) is 0 Å². The number of hydrogen-bond donors (Lipinski definition) is 1. The van der Waals surface area contributed by atoms with E-state index in [0.717, 1.165) is 30.8 Å². The van der Waals surface area contributed by atoms with Crippen LogP contribution < -0.4 is 0 Å². The van der Waals surface area contributed by atoms with E-state index in [1.54, 1.807) is 0 Å². The van der Waals surface area contributed by atoms with Crippen LogP contribution in [0.25, 0.3) is 0 Å². The Balaban J connectivity index is 1.87. The van der Waals surface area contributed by atoms with E-state index in [-0.39, 0.29) is 0 Å². The second kappa shape index (κ2) is 3.95. The zero-order valence-corrected chi connectivity index (χ0v) is 9.26. The van der Waals surface area contributed by atoms with Gasteiger partial charge in [-0.3, -0.25) is 4.68 Å². The molecular weight excluding hydrogens is 196 g/mol. The first-order valence-corrected chi connectivity index (χ1v) is 6.11. The molecule has 1 aliphatic heterocycles. The normalized spacial score (nSPS) is 27.0. The molecule has 1 N–H and O–H groups in total. The summed E-state index contributed by atoms with van der Waals surface area (Å²) in [6, 6.07) is 0. The van der Waals surface area contributed by atoms with Crippen molar-refractivity contribution in [3.8, 4) is 0 Å². The number of rotatable bonds is 3. The number of aliphatic hydroxyl groups is 1. The second-order valence-electron chi connectivity index (χ2n) is 4.05. The lowest BCUT2D eigenvalue weighted by Crippen LogP contribution is -2.28. The molecule has 0 aromatic carbocycles. The maximum Gasteiger partial charge on any atom is 0.0748 e. The van der Waals surface area contributed by atoms with Crippen LogP contribution in [0.5, 0.6) is 0 Å². The van der Waals surface area contributed by atoms with Gasteiger partial charge in [-0.2, -0.15) is 16.9 Å². The molecule has 1 aromatic rings. The molecule has 0 spiro atoms. The molecule has 2 rings (SSSR count). The van der Waals surface area contributed by atoms with Gasteiger partial charge in [-0.1, -0.05) is 0 Å². The molecule has 0 radical (unpaired) electrons. The van der Waals surface area contributed by atoms with Crippen molar-refractivity contribution in [2.24, 2.45) is 7.05 Å². The van der Waals surface area contributed by atoms with Crippen LogP contribution >= 0.6 is 11.8 Å². The number of hydrogen-bond acceptors (Lipinski definition) is 3. The number of thioether (sulfide) groups is 1. The highest BCUT2D eigenvalue weighted by molar-refractivity contribution is 7.99. The summed E-state index contributed by atoms with van der Waals surface area (Å²) in [6.45, 7) is 0. The van der Waals surface area contributed by atoms with Crippen LogP contribution in [0.15, 0.2) is 12.4 Å². The van der Waals surface area contributed by atoms with Crippen molar-refractivity contribution < 1.29 is 5.11 Å². The van der Waals surface area contributed by atoms with E-state index >= 15 is 0 Å². The maximum atomic E-state index is 10.1. The Morgan fingerprint density at radius 1 is 1.71 bits per heavy atom. The zero-order chi connectivity index (χ0) is 10.0. The Labute approximate surface area is 88.5 Å². The van der Waals surface area contributed by atoms with Crippen molar-refractivity contribution in [3.63, 3.8) is 0 Å². The van der Waals surface area contributed by atoms with E-state index in [2.05, 4.69) is 5.10 Å². The van der Waals surface area contributed by atoms with Crippen molar-refractivity contribution in [1.82, 2.24) is 9.78 Å². The van der Waals surface area contributed by atoms with Gasteiger partial charge in [-0.15, -0.1) is 0 Å². The van der Waals surface area contributed by atoms with Crippen molar-refractivity contribution in [2.45, 2.75) is 24.9 Å². The summed E-state index contributed by atoms with van der Waals surface area (Å²) in [6.07, 6.45) is 6.64. The Kier molecular flexibility index (Phi) is 2.83. The van der Waals surface area contributed by atoms with Crippen LogP contribution in [0.2, 0.25) is 0 Å². The van der Waals surface area contributed by atoms with Gasteiger partial charge in [-0.05, 0) is 30.6 Å². The lowest BCUT2D eigenvalue weighted by Gasteiger charge is -2.20. The average molecular weight is 212 g/mol. The van der Waals surface area contributed by atoms with Crippen molar-refractivity contribution in [2.75, 3.05) is 11.5 Å².